The van der Waals surface area contributed by atoms with Crippen LogP contribution in [0.4, 0.5) is 0 Å². The summed E-state index contributed by atoms with van der Waals surface area (Å²) in [7, 11) is 1.67. The Hall–Kier alpha value is -1.81. The van der Waals surface area contributed by atoms with E-state index in [1.54, 1.807) is 7.11 Å². The smallest absolute Gasteiger partial charge is 0.310 e. The van der Waals surface area contributed by atoms with E-state index in [0.717, 1.165) is 31.6 Å². The Labute approximate surface area is 162 Å². The van der Waals surface area contributed by atoms with Crippen molar-refractivity contribution in [2.45, 2.75) is 51.7 Å². The summed E-state index contributed by atoms with van der Waals surface area (Å²) in [4.78, 5) is 12.6. The van der Waals surface area contributed by atoms with Crippen LogP contribution in [0.1, 0.15) is 44.6 Å². The van der Waals surface area contributed by atoms with Gasteiger partial charge in [0.05, 0.1) is 13.0 Å². The molecule has 0 radical (unpaired) electrons. The molecule has 146 valence electrons. The number of carbonyl (C=O) groups excluding carboxylic acids is 1. The molecule has 27 heavy (non-hydrogen) atoms. The Morgan fingerprint density at radius 2 is 2.11 bits per heavy atom. The molecule has 0 unspecified atom stereocenters. The zero-order chi connectivity index (χ0) is 19.0. The predicted octanol–water partition coefficient (Wildman–Crippen LogP) is 4.10. The third-order valence-electron chi connectivity index (χ3n) is 7.17. The minimum atomic E-state index is -0.0347. The highest BCUT2D eigenvalue weighted by atomic mass is 16.6. The average Bonchev–Trinajstić information content (AvgIpc) is 2.95. The van der Waals surface area contributed by atoms with Crippen LogP contribution in [0.25, 0.3) is 0 Å². The van der Waals surface area contributed by atoms with Gasteiger partial charge in [-0.2, -0.15) is 0 Å². The van der Waals surface area contributed by atoms with E-state index in [0.29, 0.717) is 18.4 Å². The highest BCUT2D eigenvalue weighted by Gasteiger charge is 2.54. The molecule has 1 heterocycles. The molecule has 1 aromatic rings. The normalized spacial score (nSPS) is 35.3. The van der Waals surface area contributed by atoms with Crippen molar-refractivity contribution in [3.8, 4) is 5.75 Å². The van der Waals surface area contributed by atoms with E-state index in [4.69, 9.17) is 9.47 Å². The highest BCUT2D eigenvalue weighted by molar-refractivity contribution is 5.75. The van der Waals surface area contributed by atoms with Gasteiger partial charge in [-0.1, -0.05) is 31.2 Å². The van der Waals surface area contributed by atoms with Crippen LogP contribution in [0.5, 0.6) is 5.75 Å². The molecule has 1 saturated heterocycles. The van der Waals surface area contributed by atoms with Crippen molar-refractivity contribution in [1.29, 1.82) is 0 Å². The molecule has 4 rings (SSSR count). The number of fused-ring (bicyclic) bond motifs is 2. The highest BCUT2D eigenvalue weighted by Crippen LogP contribution is 2.56. The lowest BCUT2D eigenvalue weighted by Crippen LogP contribution is -2.45. The Kier molecular flexibility index (Phi) is 5.02. The molecule has 2 aliphatic carbocycles. The summed E-state index contributed by atoms with van der Waals surface area (Å²) in [6.07, 6.45) is 5.76. The summed E-state index contributed by atoms with van der Waals surface area (Å²) in [5.74, 6) is 1.69. The second-order valence-electron chi connectivity index (χ2n) is 8.88. The quantitative estimate of drug-likeness (QED) is 0.627. The van der Waals surface area contributed by atoms with Crippen molar-refractivity contribution >= 4 is 5.97 Å². The average molecular weight is 370 g/mol. The number of hydrogen-bond acceptors (Lipinski definition) is 4. The maximum atomic E-state index is 12.6. The molecule has 3 aliphatic rings. The first-order valence-corrected chi connectivity index (χ1v) is 10.2. The van der Waals surface area contributed by atoms with Crippen LogP contribution in [-0.2, 0) is 16.1 Å². The van der Waals surface area contributed by atoms with Gasteiger partial charge in [0, 0.05) is 19.0 Å². The lowest BCUT2D eigenvalue weighted by atomic mass is 9.55. The molecule has 0 spiro atoms. The van der Waals surface area contributed by atoms with E-state index in [9.17, 15) is 4.79 Å². The van der Waals surface area contributed by atoms with E-state index in [2.05, 4.69) is 31.0 Å². The van der Waals surface area contributed by atoms with Crippen LogP contribution in [0.3, 0.4) is 0 Å². The van der Waals surface area contributed by atoms with Gasteiger partial charge in [0.15, 0.2) is 0 Å². The van der Waals surface area contributed by atoms with Crippen molar-refractivity contribution in [1.82, 2.24) is 5.32 Å². The second-order valence-corrected chi connectivity index (χ2v) is 8.88. The molecule has 4 heteroatoms. The van der Waals surface area contributed by atoms with Crippen LogP contribution < -0.4 is 10.1 Å². The summed E-state index contributed by atoms with van der Waals surface area (Å²) in [5.41, 5.74) is 2.85. The lowest BCUT2D eigenvalue weighted by Gasteiger charge is -2.50. The molecule has 1 N–H and O–H groups in total. The molecule has 4 nitrogen and oxygen atoms in total. The van der Waals surface area contributed by atoms with Gasteiger partial charge in [-0.05, 0) is 61.1 Å². The van der Waals surface area contributed by atoms with Crippen molar-refractivity contribution in [3.63, 3.8) is 0 Å². The Morgan fingerprint density at radius 1 is 1.33 bits per heavy atom. The largest absolute Gasteiger partial charge is 0.497 e. The molecular weight excluding hydrogens is 338 g/mol. The number of ether oxygens (including phenoxy) is 2. The fourth-order valence-corrected chi connectivity index (χ4v) is 5.60. The Balaban J connectivity index is 1.38. The number of nitrogens with one attached hydrogen (secondary N) is 1. The van der Waals surface area contributed by atoms with Crippen molar-refractivity contribution in [3.05, 3.63) is 42.0 Å². The summed E-state index contributed by atoms with van der Waals surface area (Å²) in [6.45, 7) is 8.17. The fourth-order valence-electron chi connectivity index (χ4n) is 5.60. The molecule has 0 aromatic heterocycles. The summed E-state index contributed by atoms with van der Waals surface area (Å²) < 4.78 is 11.0. The van der Waals surface area contributed by atoms with Gasteiger partial charge in [-0.3, -0.25) is 4.79 Å². The standard InChI is InChI=1S/C23H31NO3/c1-15-5-4-10-23(2)12-21-18(11-20(15)23)19(22(25)27-21)14-24-13-16-6-8-17(26-3)9-7-16/h6-9,18-21,24H,1,4-5,10-14H2,2-3H3/t18-,19+,20+,21-,23-/m1/s1. The van der Waals surface area contributed by atoms with Crippen LogP contribution in [0.15, 0.2) is 36.4 Å². The number of hydrogen-bond donors (Lipinski definition) is 1. The molecular formula is C23H31NO3. The summed E-state index contributed by atoms with van der Waals surface area (Å²) >= 11 is 0. The lowest BCUT2D eigenvalue weighted by molar-refractivity contribution is -0.146. The van der Waals surface area contributed by atoms with Crippen molar-refractivity contribution in [2.75, 3.05) is 13.7 Å². The third kappa shape index (κ3) is 3.52. The predicted molar refractivity (Wildman–Crippen MR) is 105 cm³/mol. The minimum Gasteiger partial charge on any atom is -0.497 e. The van der Waals surface area contributed by atoms with Gasteiger partial charge in [-0.15, -0.1) is 0 Å². The van der Waals surface area contributed by atoms with Gasteiger partial charge >= 0.3 is 5.97 Å². The van der Waals surface area contributed by atoms with Gasteiger partial charge in [0.1, 0.15) is 11.9 Å². The molecule has 1 aliphatic heterocycles. The first kappa shape index (κ1) is 18.5. The van der Waals surface area contributed by atoms with Gasteiger partial charge in [0.25, 0.3) is 0 Å². The number of carbonyl (C=O) groups is 1. The van der Waals surface area contributed by atoms with E-state index in [1.807, 2.05) is 12.1 Å². The Morgan fingerprint density at radius 3 is 2.85 bits per heavy atom. The van der Waals surface area contributed by atoms with E-state index >= 15 is 0 Å². The molecule has 3 fully saturated rings. The summed E-state index contributed by atoms with van der Waals surface area (Å²) in [6, 6.07) is 8.04. The number of methoxy groups -OCH3 is 1. The molecule has 1 aromatic carbocycles. The SMILES string of the molecule is C=C1CCC[C@]2(C)C[C@H]3OC(=O)[C@@H](CNCc4ccc(OC)cc4)[C@H]3C[C@@H]12. The maximum Gasteiger partial charge on any atom is 0.310 e. The zero-order valence-electron chi connectivity index (χ0n) is 16.5. The minimum absolute atomic E-state index is 0.0138. The molecule has 0 bridgehead atoms. The number of allylic oxidation sites excluding steroid dienone is 1. The molecule has 2 saturated carbocycles. The Bertz CT molecular complexity index is 713. The van der Waals surface area contributed by atoms with Crippen LogP contribution >= 0.6 is 0 Å². The van der Waals surface area contributed by atoms with E-state index < -0.39 is 0 Å². The van der Waals surface area contributed by atoms with Crippen molar-refractivity contribution in [2.24, 2.45) is 23.2 Å². The van der Waals surface area contributed by atoms with Gasteiger partial charge < -0.3 is 14.8 Å². The van der Waals surface area contributed by atoms with E-state index in [-0.39, 0.29) is 23.4 Å². The monoisotopic (exact) mass is 369 g/mol. The fraction of sp³-hybridized carbons (Fsp3) is 0.609. The number of benzene rings is 1. The number of rotatable bonds is 5. The van der Waals surface area contributed by atoms with Crippen molar-refractivity contribution < 1.29 is 14.3 Å². The van der Waals surface area contributed by atoms with Crippen LogP contribution in [-0.4, -0.2) is 25.7 Å². The molecule has 5 atom stereocenters. The topological polar surface area (TPSA) is 47.6 Å². The van der Waals surface area contributed by atoms with Gasteiger partial charge in [0.2, 0.25) is 0 Å². The molecule has 0 amide bonds. The van der Waals surface area contributed by atoms with Crippen LogP contribution in [0.2, 0.25) is 0 Å². The first-order chi connectivity index (χ1) is 13.0. The summed E-state index contributed by atoms with van der Waals surface area (Å²) in [5, 5.41) is 3.47. The zero-order valence-corrected chi connectivity index (χ0v) is 16.5. The van der Waals surface area contributed by atoms with Gasteiger partial charge in [-0.25, -0.2) is 0 Å². The van der Waals surface area contributed by atoms with Crippen LogP contribution in [0, 0.1) is 23.2 Å². The van der Waals surface area contributed by atoms with E-state index in [1.165, 1.54) is 24.0 Å². The first-order valence-electron chi connectivity index (χ1n) is 10.2. The third-order valence-corrected chi connectivity index (χ3v) is 7.17. The second kappa shape index (κ2) is 7.31. The number of esters is 1. The maximum absolute atomic E-state index is 12.6.